The molecule has 0 N–H and O–H groups in total. The third-order valence-corrected chi connectivity index (χ3v) is 2.97. The Morgan fingerprint density at radius 3 is 3.00 bits per heavy atom. The van der Waals surface area contributed by atoms with E-state index in [0.29, 0.717) is 12.2 Å². The van der Waals surface area contributed by atoms with Gasteiger partial charge in [-0.15, -0.1) is 0 Å². The lowest BCUT2D eigenvalue weighted by atomic mass is 10.2. The highest BCUT2D eigenvalue weighted by Gasteiger charge is 1.97. The average Bonchev–Trinajstić information content (AvgIpc) is 2.82. The van der Waals surface area contributed by atoms with Crippen molar-refractivity contribution in [2.24, 2.45) is 0 Å². The van der Waals surface area contributed by atoms with Gasteiger partial charge in [-0.05, 0) is 34.5 Å². The molecule has 1 heterocycles. The van der Waals surface area contributed by atoms with Gasteiger partial charge in [-0.25, -0.2) is 0 Å². The van der Waals surface area contributed by atoms with Crippen LogP contribution >= 0.6 is 11.3 Å². The van der Waals surface area contributed by atoms with Gasteiger partial charge in [-0.3, -0.25) is 4.79 Å². The van der Waals surface area contributed by atoms with E-state index in [4.69, 9.17) is 4.74 Å². The van der Waals surface area contributed by atoms with Crippen LogP contribution in [0.2, 0.25) is 0 Å². The number of thiophene rings is 1. The topological polar surface area (TPSA) is 26.3 Å². The maximum absolute atomic E-state index is 10.6. The molecule has 2 rings (SSSR count). The molecule has 3 heteroatoms. The van der Waals surface area contributed by atoms with E-state index in [0.717, 1.165) is 18.5 Å². The van der Waals surface area contributed by atoms with Gasteiger partial charge in [0.25, 0.3) is 0 Å². The highest BCUT2D eigenvalue weighted by molar-refractivity contribution is 7.07. The molecule has 0 amide bonds. The van der Waals surface area contributed by atoms with Crippen molar-refractivity contribution < 1.29 is 9.53 Å². The van der Waals surface area contributed by atoms with Crippen molar-refractivity contribution in [3.05, 3.63) is 52.2 Å². The average molecular weight is 232 g/mol. The molecule has 0 spiro atoms. The third-order valence-electron chi connectivity index (χ3n) is 2.23. The Morgan fingerprint density at radius 1 is 1.31 bits per heavy atom. The van der Waals surface area contributed by atoms with E-state index in [1.54, 1.807) is 23.5 Å². The quantitative estimate of drug-likeness (QED) is 0.740. The van der Waals surface area contributed by atoms with E-state index in [1.807, 2.05) is 12.1 Å². The van der Waals surface area contributed by atoms with Crippen molar-refractivity contribution in [2.45, 2.75) is 6.42 Å². The number of benzene rings is 1. The van der Waals surface area contributed by atoms with E-state index in [1.165, 1.54) is 5.56 Å². The summed E-state index contributed by atoms with van der Waals surface area (Å²) in [6.45, 7) is 0.638. The molecule has 0 fully saturated rings. The number of carbonyl (C=O) groups excluding carboxylic acids is 1. The number of hydrogen-bond donors (Lipinski definition) is 0. The maximum atomic E-state index is 10.6. The van der Waals surface area contributed by atoms with Crippen LogP contribution in [0.5, 0.6) is 5.75 Å². The first kappa shape index (κ1) is 10.9. The Kier molecular flexibility index (Phi) is 3.72. The highest BCUT2D eigenvalue weighted by Crippen LogP contribution is 2.13. The van der Waals surface area contributed by atoms with Crippen molar-refractivity contribution in [3.63, 3.8) is 0 Å². The van der Waals surface area contributed by atoms with Crippen LogP contribution in [0.3, 0.4) is 0 Å². The van der Waals surface area contributed by atoms with Crippen molar-refractivity contribution >= 4 is 17.6 Å². The second-order valence-corrected chi connectivity index (χ2v) is 4.20. The smallest absolute Gasteiger partial charge is 0.150 e. The van der Waals surface area contributed by atoms with E-state index in [-0.39, 0.29) is 0 Å². The van der Waals surface area contributed by atoms with Crippen LogP contribution in [0.25, 0.3) is 0 Å². The van der Waals surface area contributed by atoms with Gasteiger partial charge in [-0.1, -0.05) is 12.1 Å². The number of ether oxygens (including phenoxy) is 1. The largest absolute Gasteiger partial charge is 0.493 e. The molecule has 82 valence electrons. The number of rotatable bonds is 5. The molecule has 2 aromatic rings. The zero-order valence-corrected chi connectivity index (χ0v) is 9.57. The van der Waals surface area contributed by atoms with Crippen LogP contribution < -0.4 is 4.74 Å². The van der Waals surface area contributed by atoms with E-state index < -0.39 is 0 Å². The van der Waals surface area contributed by atoms with Crippen LogP contribution in [-0.2, 0) is 6.42 Å². The zero-order chi connectivity index (χ0) is 11.2. The molecule has 16 heavy (non-hydrogen) atoms. The minimum absolute atomic E-state index is 0.638. The van der Waals surface area contributed by atoms with Gasteiger partial charge in [0, 0.05) is 12.0 Å². The second kappa shape index (κ2) is 5.47. The van der Waals surface area contributed by atoms with Gasteiger partial charge < -0.3 is 4.74 Å². The molecule has 0 aliphatic rings. The first-order valence-electron chi connectivity index (χ1n) is 5.07. The molecule has 0 atom stereocenters. The fraction of sp³-hybridized carbons (Fsp3) is 0.154. The molecule has 1 aromatic carbocycles. The van der Waals surface area contributed by atoms with Gasteiger partial charge in [0.15, 0.2) is 0 Å². The Labute approximate surface area is 98.5 Å². The molecular weight excluding hydrogens is 220 g/mol. The second-order valence-electron chi connectivity index (χ2n) is 3.42. The summed E-state index contributed by atoms with van der Waals surface area (Å²) in [4.78, 5) is 10.6. The molecule has 0 unspecified atom stereocenters. The Bertz CT molecular complexity index is 449. The number of hydrogen-bond acceptors (Lipinski definition) is 3. The van der Waals surface area contributed by atoms with Crippen molar-refractivity contribution in [1.29, 1.82) is 0 Å². The standard InChI is InChI=1S/C13H12O2S/c14-9-12-2-1-3-13(8-12)15-6-4-11-5-7-16-10-11/h1-3,5,7-10H,4,6H2. The van der Waals surface area contributed by atoms with Crippen molar-refractivity contribution in [3.8, 4) is 5.75 Å². The minimum atomic E-state index is 0.638. The summed E-state index contributed by atoms with van der Waals surface area (Å²) < 4.78 is 5.57. The normalized spacial score (nSPS) is 10.0. The van der Waals surface area contributed by atoms with E-state index >= 15 is 0 Å². The summed E-state index contributed by atoms with van der Waals surface area (Å²) in [7, 11) is 0. The van der Waals surface area contributed by atoms with Gasteiger partial charge in [0.2, 0.25) is 0 Å². The van der Waals surface area contributed by atoms with Crippen LogP contribution in [0.4, 0.5) is 0 Å². The van der Waals surface area contributed by atoms with E-state index in [9.17, 15) is 4.79 Å². The Morgan fingerprint density at radius 2 is 2.25 bits per heavy atom. The molecule has 0 saturated carbocycles. The summed E-state index contributed by atoms with van der Waals surface area (Å²) in [5.74, 6) is 0.750. The Balaban J connectivity index is 1.87. The van der Waals surface area contributed by atoms with Crippen molar-refractivity contribution in [2.75, 3.05) is 6.61 Å². The highest BCUT2D eigenvalue weighted by atomic mass is 32.1. The lowest BCUT2D eigenvalue weighted by Crippen LogP contribution is -2.00. The zero-order valence-electron chi connectivity index (χ0n) is 8.76. The summed E-state index contributed by atoms with van der Waals surface area (Å²) in [5, 5.41) is 4.17. The first-order chi connectivity index (χ1) is 7.88. The molecule has 0 aliphatic heterocycles. The maximum Gasteiger partial charge on any atom is 0.150 e. The van der Waals surface area contributed by atoms with Gasteiger partial charge in [-0.2, -0.15) is 11.3 Å². The van der Waals surface area contributed by atoms with Crippen LogP contribution in [-0.4, -0.2) is 12.9 Å². The fourth-order valence-corrected chi connectivity index (χ4v) is 2.10. The van der Waals surface area contributed by atoms with Gasteiger partial charge in [0.05, 0.1) is 6.61 Å². The first-order valence-corrected chi connectivity index (χ1v) is 6.02. The van der Waals surface area contributed by atoms with Gasteiger partial charge in [0.1, 0.15) is 12.0 Å². The predicted octanol–water partition coefficient (Wildman–Crippen LogP) is 3.18. The van der Waals surface area contributed by atoms with Crippen LogP contribution in [0.1, 0.15) is 15.9 Å². The lowest BCUT2D eigenvalue weighted by molar-refractivity contribution is 0.112. The fourth-order valence-electron chi connectivity index (χ4n) is 1.40. The lowest BCUT2D eigenvalue weighted by Gasteiger charge is -2.05. The predicted molar refractivity (Wildman–Crippen MR) is 65.3 cm³/mol. The molecule has 0 radical (unpaired) electrons. The summed E-state index contributed by atoms with van der Waals surface area (Å²) >= 11 is 1.69. The third kappa shape index (κ3) is 2.94. The Hall–Kier alpha value is -1.61. The molecule has 0 bridgehead atoms. The minimum Gasteiger partial charge on any atom is -0.493 e. The monoisotopic (exact) mass is 232 g/mol. The van der Waals surface area contributed by atoms with Gasteiger partial charge >= 0.3 is 0 Å². The SMILES string of the molecule is O=Cc1cccc(OCCc2ccsc2)c1. The van der Waals surface area contributed by atoms with Crippen molar-refractivity contribution in [1.82, 2.24) is 0 Å². The number of carbonyl (C=O) groups is 1. The molecule has 2 nitrogen and oxygen atoms in total. The summed E-state index contributed by atoms with van der Waals surface area (Å²) in [6.07, 6.45) is 1.72. The molecule has 1 aromatic heterocycles. The summed E-state index contributed by atoms with van der Waals surface area (Å²) in [6, 6.07) is 9.29. The van der Waals surface area contributed by atoms with E-state index in [2.05, 4.69) is 16.8 Å². The number of aldehydes is 1. The molecule has 0 saturated heterocycles. The molecule has 0 aliphatic carbocycles. The summed E-state index contributed by atoms with van der Waals surface area (Å²) in [5.41, 5.74) is 1.93. The van der Waals surface area contributed by atoms with Crippen LogP contribution in [0, 0.1) is 0 Å². The van der Waals surface area contributed by atoms with Crippen LogP contribution in [0.15, 0.2) is 41.1 Å². The molecular formula is C13H12O2S.